The van der Waals surface area contributed by atoms with Gasteiger partial charge in [-0.2, -0.15) is 0 Å². The van der Waals surface area contributed by atoms with Gasteiger partial charge in [-0.05, 0) is 0 Å². The van der Waals surface area contributed by atoms with Gasteiger partial charge in [-0.15, -0.1) is 4.37 Å². The number of halogens is 1. The van der Waals surface area contributed by atoms with Crippen molar-refractivity contribution in [3.8, 4) is 0 Å². The Hall–Kier alpha value is 0.200. The second-order valence-electron chi connectivity index (χ2n) is 0.879. The van der Waals surface area contributed by atoms with Crippen molar-refractivity contribution in [2.75, 3.05) is 0 Å². The molecule has 1 aromatic rings. The zero-order valence-electron chi connectivity index (χ0n) is 3.59. The van der Waals surface area contributed by atoms with Gasteiger partial charge in [-0.1, -0.05) is 0 Å². The molecule has 0 N–H and O–H groups in total. The standard InChI is InChI=1S/C2H3N2S2.ClH/c1-2-3-5-6-4-2;/h1H3;1H/q+1;/p-1. The normalized spacial score (nSPS) is 7.57. The molecule has 0 amide bonds. The third-order valence-corrected chi connectivity index (χ3v) is 1.76. The van der Waals surface area contributed by atoms with Crippen molar-refractivity contribution in [2.45, 2.75) is 6.92 Å². The predicted octanol–water partition coefficient (Wildman–Crippen LogP) is -1.81. The molecule has 1 heterocycles. The van der Waals surface area contributed by atoms with Gasteiger partial charge in [0.25, 0.3) is 0 Å². The van der Waals surface area contributed by atoms with Crippen molar-refractivity contribution in [3.05, 3.63) is 5.82 Å². The minimum atomic E-state index is 0. The van der Waals surface area contributed by atoms with Crippen LogP contribution in [0.2, 0.25) is 0 Å². The summed E-state index contributed by atoms with van der Waals surface area (Å²) in [4.78, 5) is 0. The van der Waals surface area contributed by atoms with Crippen molar-refractivity contribution >= 4 is 21.1 Å². The molecular formula is C2H3ClN2S2. The van der Waals surface area contributed by atoms with Crippen LogP contribution in [-0.2, 0) is 0 Å². The third-order valence-electron chi connectivity index (χ3n) is 0.372. The van der Waals surface area contributed by atoms with E-state index in [4.69, 9.17) is 0 Å². The quantitative estimate of drug-likeness (QED) is 0.326. The third kappa shape index (κ3) is 2.11. The molecule has 0 aromatic carbocycles. The minimum absolute atomic E-state index is 0. The molecule has 7 heavy (non-hydrogen) atoms. The van der Waals surface area contributed by atoms with Gasteiger partial charge in [0.2, 0.25) is 5.82 Å². The van der Waals surface area contributed by atoms with Gasteiger partial charge in [0, 0.05) is 6.92 Å². The van der Waals surface area contributed by atoms with Crippen molar-refractivity contribution in [1.82, 2.24) is 8.75 Å². The Morgan fingerprint density at radius 2 is 2.43 bits per heavy atom. The molecule has 0 fully saturated rings. The van der Waals surface area contributed by atoms with Crippen LogP contribution in [0.15, 0.2) is 0 Å². The molecule has 2 nitrogen and oxygen atoms in total. The first-order valence-electron chi connectivity index (χ1n) is 1.48. The van der Waals surface area contributed by atoms with Gasteiger partial charge in [-0.25, -0.2) is 0 Å². The molecule has 40 valence electrons. The van der Waals surface area contributed by atoms with Crippen LogP contribution >= 0.6 is 21.1 Å². The first kappa shape index (κ1) is 7.20. The summed E-state index contributed by atoms with van der Waals surface area (Å²) < 4.78 is 7.73. The van der Waals surface area contributed by atoms with E-state index in [2.05, 4.69) is 8.75 Å². The van der Waals surface area contributed by atoms with Crippen LogP contribution in [-0.4, -0.2) is 8.75 Å². The maximum atomic E-state index is 3.87. The van der Waals surface area contributed by atoms with E-state index >= 15 is 0 Å². The van der Waals surface area contributed by atoms with E-state index in [1.807, 2.05) is 6.92 Å². The molecule has 0 aliphatic carbocycles. The van der Waals surface area contributed by atoms with E-state index in [0.717, 1.165) is 5.82 Å². The molecular weight excluding hydrogens is 152 g/mol. The highest BCUT2D eigenvalue weighted by atomic mass is 35.5. The smallest absolute Gasteiger partial charge is 0.462 e. The van der Waals surface area contributed by atoms with E-state index in [1.54, 1.807) is 0 Å². The lowest BCUT2D eigenvalue weighted by Crippen LogP contribution is -3.00. The predicted molar refractivity (Wildman–Crippen MR) is 26.9 cm³/mol. The van der Waals surface area contributed by atoms with Crippen LogP contribution in [0.1, 0.15) is 5.82 Å². The molecule has 5 heteroatoms. The van der Waals surface area contributed by atoms with Crippen LogP contribution < -0.4 is 12.4 Å². The highest BCUT2D eigenvalue weighted by molar-refractivity contribution is 7.64. The van der Waals surface area contributed by atoms with E-state index in [0.29, 0.717) is 0 Å². The molecule has 0 unspecified atom stereocenters. The number of aromatic nitrogens is 2. The largest absolute Gasteiger partial charge is 1.00 e. The highest BCUT2D eigenvalue weighted by Crippen LogP contribution is 1.97. The number of nitrogens with zero attached hydrogens (tertiary/aromatic N) is 2. The number of aryl methyl sites for hydroxylation is 1. The average molecular weight is 155 g/mol. The van der Waals surface area contributed by atoms with Gasteiger partial charge in [-0.3, -0.25) is 0 Å². The van der Waals surface area contributed by atoms with Crippen LogP contribution in [0.3, 0.4) is 0 Å². The second-order valence-corrected chi connectivity index (χ2v) is 2.44. The highest BCUT2D eigenvalue weighted by Gasteiger charge is 1.95. The number of hydrogen-bond acceptors (Lipinski definition) is 3. The zero-order chi connectivity index (χ0) is 4.41. The second kappa shape index (κ2) is 3.23. The fourth-order valence-electron chi connectivity index (χ4n) is 0.158. The van der Waals surface area contributed by atoms with E-state index in [9.17, 15) is 0 Å². The van der Waals surface area contributed by atoms with Gasteiger partial charge in [0.1, 0.15) is 0 Å². The van der Waals surface area contributed by atoms with Crippen LogP contribution in [0.25, 0.3) is 0 Å². The lowest BCUT2D eigenvalue weighted by molar-refractivity contribution is -0.00000143. The lowest BCUT2D eigenvalue weighted by atomic mass is 10.8. The monoisotopic (exact) mass is 154 g/mol. The first-order valence-corrected chi connectivity index (χ1v) is 3.54. The van der Waals surface area contributed by atoms with Crippen LogP contribution in [0, 0.1) is 6.92 Å². The Balaban J connectivity index is 0.000000360. The topological polar surface area (TPSA) is 25.8 Å². The summed E-state index contributed by atoms with van der Waals surface area (Å²) in [7, 11) is 2.84. The summed E-state index contributed by atoms with van der Waals surface area (Å²) in [5.41, 5.74) is 0. The average Bonchev–Trinajstić information content (AvgIpc) is 1.86. The van der Waals surface area contributed by atoms with Crippen molar-refractivity contribution in [3.63, 3.8) is 0 Å². The molecule has 0 aliphatic rings. The van der Waals surface area contributed by atoms with Crippen molar-refractivity contribution < 1.29 is 12.4 Å². The number of rotatable bonds is 0. The summed E-state index contributed by atoms with van der Waals surface area (Å²) in [6.45, 7) is 1.88. The fourth-order valence-corrected chi connectivity index (χ4v) is 1.42. The van der Waals surface area contributed by atoms with Gasteiger partial charge in [0.05, 0.1) is 4.37 Å². The summed E-state index contributed by atoms with van der Waals surface area (Å²) >= 11 is 0. The molecule has 0 radical (unpaired) electrons. The lowest BCUT2D eigenvalue weighted by Gasteiger charge is -1.53. The van der Waals surface area contributed by atoms with Crippen molar-refractivity contribution in [1.29, 1.82) is 0 Å². The Morgan fingerprint density at radius 3 is 2.57 bits per heavy atom. The maximum absolute atomic E-state index is 3.87. The molecule has 0 aliphatic heterocycles. The van der Waals surface area contributed by atoms with E-state index in [-0.39, 0.29) is 12.4 Å². The Labute approximate surface area is 55.3 Å². The molecule has 0 bridgehead atoms. The zero-order valence-corrected chi connectivity index (χ0v) is 5.98. The van der Waals surface area contributed by atoms with Gasteiger partial charge in [0.15, 0.2) is 0 Å². The first-order chi connectivity index (χ1) is 2.89. The minimum Gasteiger partial charge on any atom is -1.00 e. The molecule has 0 saturated carbocycles. The van der Waals surface area contributed by atoms with Gasteiger partial charge < -0.3 is 12.4 Å². The Morgan fingerprint density at radius 1 is 1.71 bits per heavy atom. The Kier molecular flexibility index (Phi) is 3.33. The molecule has 0 spiro atoms. The Bertz CT molecular complexity index is 117. The van der Waals surface area contributed by atoms with Gasteiger partial charge >= 0.3 is 21.1 Å². The fraction of sp³-hybridized carbons (Fsp3) is 0.500. The molecule has 0 atom stereocenters. The van der Waals surface area contributed by atoms with E-state index in [1.165, 1.54) is 21.1 Å². The van der Waals surface area contributed by atoms with Crippen LogP contribution in [0.5, 0.6) is 0 Å². The summed E-state index contributed by atoms with van der Waals surface area (Å²) in [5.74, 6) is 0.880. The summed E-state index contributed by atoms with van der Waals surface area (Å²) in [5, 5.41) is 0. The number of hydrogen-bond donors (Lipinski definition) is 0. The molecule has 1 rings (SSSR count). The van der Waals surface area contributed by atoms with Crippen molar-refractivity contribution in [2.24, 2.45) is 0 Å². The molecule has 1 aromatic heterocycles. The summed E-state index contributed by atoms with van der Waals surface area (Å²) in [6, 6.07) is 0. The summed E-state index contributed by atoms with van der Waals surface area (Å²) in [6.07, 6.45) is 0. The van der Waals surface area contributed by atoms with E-state index < -0.39 is 0 Å². The van der Waals surface area contributed by atoms with Crippen LogP contribution in [0.4, 0.5) is 0 Å². The molecule has 0 saturated heterocycles. The SMILES string of the molecule is Cc1ns[s+]n1.[Cl-]. The maximum Gasteiger partial charge on any atom is 0.462 e.